The SMILES string of the molecule is COC(=O)C(C)(C)c1ccccc1CC(C)C. The minimum atomic E-state index is -0.583. The summed E-state index contributed by atoms with van der Waals surface area (Å²) in [7, 11) is 1.44. The van der Waals surface area contributed by atoms with Gasteiger partial charge in [0.25, 0.3) is 0 Å². The van der Waals surface area contributed by atoms with Crippen molar-refractivity contribution in [2.45, 2.75) is 39.5 Å². The van der Waals surface area contributed by atoms with Crippen molar-refractivity contribution in [3.05, 3.63) is 35.4 Å². The van der Waals surface area contributed by atoms with E-state index in [0.29, 0.717) is 5.92 Å². The first-order valence-electron chi connectivity index (χ1n) is 6.06. The Balaban J connectivity index is 3.16. The summed E-state index contributed by atoms with van der Waals surface area (Å²) < 4.78 is 4.89. The van der Waals surface area contributed by atoms with Crippen LogP contribution in [0.3, 0.4) is 0 Å². The number of esters is 1. The van der Waals surface area contributed by atoms with Gasteiger partial charge >= 0.3 is 5.97 Å². The molecule has 2 nitrogen and oxygen atoms in total. The van der Waals surface area contributed by atoms with Gasteiger partial charge in [-0.3, -0.25) is 4.79 Å². The van der Waals surface area contributed by atoms with E-state index in [9.17, 15) is 4.79 Å². The van der Waals surface area contributed by atoms with Crippen LogP contribution in [0.1, 0.15) is 38.8 Å². The molecule has 1 aromatic carbocycles. The molecule has 0 radical (unpaired) electrons. The number of rotatable bonds is 4. The maximum atomic E-state index is 11.8. The van der Waals surface area contributed by atoms with Gasteiger partial charge in [-0.15, -0.1) is 0 Å². The molecular formula is C15H22O2. The fraction of sp³-hybridized carbons (Fsp3) is 0.533. The number of methoxy groups -OCH3 is 1. The van der Waals surface area contributed by atoms with E-state index < -0.39 is 5.41 Å². The maximum absolute atomic E-state index is 11.8. The van der Waals surface area contributed by atoms with E-state index in [4.69, 9.17) is 4.74 Å². The molecule has 0 unspecified atom stereocenters. The van der Waals surface area contributed by atoms with E-state index in [-0.39, 0.29) is 5.97 Å². The molecule has 0 aromatic heterocycles. The van der Waals surface area contributed by atoms with Gasteiger partial charge in [0.1, 0.15) is 0 Å². The highest BCUT2D eigenvalue weighted by Gasteiger charge is 2.32. The third-order valence-corrected chi connectivity index (χ3v) is 3.01. The standard InChI is InChI=1S/C15H22O2/c1-11(2)10-12-8-6-7-9-13(12)15(3,4)14(16)17-5/h6-9,11H,10H2,1-5H3. The normalized spacial score (nSPS) is 11.6. The first kappa shape index (κ1) is 13.8. The molecule has 0 atom stereocenters. The van der Waals surface area contributed by atoms with E-state index in [1.807, 2.05) is 32.0 Å². The maximum Gasteiger partial charge on any atom is 0.315 e. The number of hydrogen-bond acceptors (Lipinski definition) is 2. The fourth-order valence-corrected chi connectivity index (χ4v) is 2.11. The van der Waals surface area contributed by atoms with Crippen LogP contribution in [0.15, 0.2) is 24.3 Å². The Kier molecular flexibility index (Phi) is 4.33. The average molecular weight is 234 g/mol. The molecule has 94 valence electrons. The minimum Gasteiger partial charge on any atom is -0.468 e. The Morgan fingerprint density at radius 2 is 1.88 bits per heavy atom. The predicted octanol–water partition coefficient (Wildman–Crippen LogP) is 3.34. The quantitative estimate of drug-likeness (QED) is 0.747. The molecule has 0 saturated carbocycles. The van der Waals surface area contributed by atoms with Crippen molar-refractivity contribution in [2.75, 3.05) is 7.11 Å². The number of carbonyl (C=O) groups excluding carboxylic acids is 1. The molecule has 0 aliphatic heterocycles. The molecule has 1 aromatic rings. The monoisotopic (exact) mass is 234 g/mol. The van der Waals surface area contributed by atoms with Gasteiger partial charge in [0.05, 0.1) is 12.5 Å². The topological polar surface area (TPSA) is 26.3 Å². The molecule has 0 N–H and O–H groups in total. The largest absolute Gasteiger partial charge is 0.468 e. The van der Waals surface area contributed by atoms with Gasteiger partial charge in [0.15, 0.2) is 0 Å². The summed E-state index contributed by atoms with van der Waals surface area (Å²) in [6.45, 7) is 8.19. The lowest BCUT2D eigenvalue weighted by molar-refractivity contribution is -0.146. The van der Waals surface area contributed by atoms with Crippen LogP contribution < -0.4 is 0 Å². The predicted molar refractivity (Wildman–Crippen MR) is 70.0 cm³/mol. The second-order valence-corrected chi connectivity index (χ2v) is 5.37. The lowest BCUT2D eigenvalue weighted by Crippen LogP contribution is -2.31. The first-order chi connectivity index (χ1) is 7.89. The van der Waals surface area contributed by atoms with Crippen LogP contribution in [0.2, 0.25) is 0 Å². The van der Waals surface area contributed by atoms with Gasteiger partial charge in [-0.2, -0.15) is 0 Å². The highest BCUT2D eigenvalue weighted by molar-refractivity contribution is 5.82. The molecule has 0 aliphatic carbocycles. The van der Waals surface area contributed by atoms with E-state index >= 15 is 0 Å². The molecule has 17 heavy (non-hydrogen) atoms. The molecule has 0 aliphatic rings. The Bertz CT molecular complexity index is 392. The molecule has 0 saturated heterocycles. The second-order valence-electron chi connectivity index (χ2n) is 5.37. The van der Waals surface area contributed by atoms with Crippen molar-refractivity contribution < 1.29 is 9.53 Å². The smallest absolute Gasteiger partial charge is 0.315 e. The molecule has 0 heterocycles. The average Bonchev–Trinajstić information content (AvgIpc) is 2.27. The Morgan fingerprint density at radius 1 is 1.29 bits per heavy atom. The minimum absolute atomic E-state index is 0.186. The van der Waals surface area contributed by atoms with Crippen LogP contribution in [0.5, 0.6) is 0 Å². The van der Waals surface area contributed by atoms with Gasteiger partial charge in [-0.25, -0.2) is 0 Å². The van der Waals surface area contributed by atoms with Crippen LogP contribution in [-0.2, 0) is 21.4 Å². The van der Waals surface area contributed by atoms with Crippen molar-refractivity contribution in [3.63, 3.8) is 0 Å². The van der Waals surface area contributed by atoms with Crippen LogP contribution in [0.25, 0.3) is 0 Å². The molecule has 2 heteroatoms. The molecular weight excluding hydrogens is 212 g/mol. The van der Waals surface area contributed by atoms with E-state index in [2.05, 4.69) is 19.9 Å². The van der Waals surface area contributed by atoms with Crippen LogP contribution in [0.4, 0.5) is 0 Å². The van der Waals surface area contributed by atoms with Crippen molar-refractivity contribution in [1.82, 2.24) is 0 Å². The molecule has 0 bridgehead atoms. The molecule has 0 amide bonds. The molecule has 0 spiro atoms. The van der Waals surface area contributed by atoms with Gasteiger partial charge in [0.2, 0.25) is 0 Å². The summed E-state index contributed by atoms with van der Waals surface area (Å²) in [6.07, 6.45) is 0.983. The number of carbonyl (C=O) groups is 1. The van der Waals surface area contributed by atoms with Crippen molar-refractivity contribution in [1.29, 1.82) is 0 Å². The van der Waals surface area contributed by atoms with Gasteiger partial charge in [-0.1, -0.05) is 38.1 Å². The Labute approximate surface area is 104 Å². The highest BCUT2D eigenvalue weighted by Crippen LogP contribution is 2.29. The Morgan fingerprint density at radius 3 is 2.41 bits per heavy atom. The third kappa shape index (κ3) is 3.09. The van der Waals surface area contributed by atoms with E-state index in [1.54, 1.807) is 0 Å². The summed E-state index contributed by atoms with van der Waals surface area (Å²) in [5, 5.41) is 0. The number of ether oxygens (including phenoxy) is 1. The number of hydrogen-bond donors (Lipinski definition) is 0. The van der Waals surface area contributed by atoms with Gasteiger partial charge in [0, 0.05) is 0 Å². The first-order valence-corrected chi connectivity index (χ1v) is 6.06. The highest BCUT2D eigenvalue weighted by atomic mass is 16.5. The summed E-state index contributed by atoms with van der Waals surface area (Å²) in [5.74, 6) is 0.387. The van der Waals surface area contributed by atoms with E-state index in [0.717, 1.165) is 12.0 Å². The molecule has 0 fully saturated rings. The van der Waals surface area contributed by atoms with Crippen molar-refractivity contribution in [3.8, 4) is 0 Å². The summed E-state index contributed by atoms with van der Waals surface area (Å²) in [6, 6.07) is 8.12. The zero-order valence-electron chi connectivity index (χ0n) is 11.4. The lowest BCUT2D eigenvalue weighted by atomic mass is 9.80. The third-order valence-electron chi connectivity index (χ3n) is 3.01. The zero-order chi connectivity index (χ0) is 13.1. The second kappa shape index (κ2) is 5.35. The summed E-state index contributed by atoms with van der Waals surface area (Å²) >= 11 is 0. The lowest BCUT2D eigenvalue weighted by Gasteiger charge is -2.25. The van der Waals surface area contributed by atoms with Gasteiger partial charge in [-0.05, 0) is 37.3 Å². The van der Waals surface area contributed by atoms with Crippen LogP contribution in [0, 0.1) is 5.92 Å². The van der Waals surface area contributed by atoms with Crippen molar-refractivity contribution >= 4 is 5.97 Å². The van der Waals surface area contributed by atoms with E-state index in [1.165, 1.54) is 12.7 Å². The number of benzene rings is 1. The Hall–Kier alpha value is -1.31. The fourth-order valence-electron chi connectivity index (χ4n) is 2.11. The van der Waals surface area contributed by atoms with Crippen LogP contribution in [-0.4, -0.2) is 13.1 Å². The summed E-state index contributed by atoms with van der Waals surface area (Å²) in [4.78, 5) is 11.8. The molecule has 1 rings (SSSR count). The van der Waals surface area contributed by atoms with Crippen molar-refractivity contribution in [2.24, 2.45) is 5.92 Å². The zero-order valence-corrected chi connectivity index (χ0v) is 11.4. The van der Waals surface area contributed by atoms with Crippen LogP contribution >= 0.6 is 0 Å². The summed E-state index contributed by atoms with van der Waals surface area (Å²) in [5.41, 5.74) is 1.72. The van der Waals surface area contributed by atoms with Gasteiger partial charge < -0.3 is 4.74 Å².